The van der Waals surface area contributed by atoms with E-state index in [-0.39, 0.29) is 5.60 Å². The Balaban J connectivity index is 2.01. The van der Waals surface area contributed by atoms with E-state index in [1.807, 2.05) is 0 Å². The van der Waals surface area contributed by atoms with E-state index in [1.54, 1.807) is 0 Å². The summed E-state index contributed by atoms with van der Waals surface area (Å²) in [5.41, 5.74) is 1.10. The lowest BCUT2D eigenvalue weighted by molar-refractivity contribution is -0.151. The molecule has 0 aromatic carbocycles. The highest BCUT2D eigenvalue weighted by molar-refractivity contribution is 5.16. The maximum Gasteiger partial charge on any atom is 0.112 e. The fraction of sp³-hybridized carbons (Fsp3) is 0.889. The van der Waals surface area contributed by atoms with Gasteiger partial charge in [0.1, 0.15) is 5.60 Å². The summed E-state index contributed by atoms with van der Waals surface area (Å²) in [6.45, 7) is 14.0. The van der Waals surface area contributed by atoms with Gasteiger partial charge in [-0.25, -0.2) is 0 Å². The van der Waals surface area contributed by atoms with Gasteiger partial charge in [0.2, 0.25) is 0 Å². The first-order chi connectivity index (χ1) is 8.84. The molecule has 0 amide bonds. The van der Waals surface area contributed by atoms with Crippen LogP contribution in [-0.2, 0) is 4.74 Å². The standard InChI is InChI=1S/C18H30O/c1-6-18-11-8-14-16(3,4)9-7-10-17(14,5)15(18)12-13(2)19-18/h14-15H,2,6-12H2,1,3-5H3. The van der Waals surface area contributed by atoms with E-state index in [9.17, 15) is 0 Å². The molecule has 1 aliphatic heterocycles. The van der Waals surface area contributed by atoms with E-state index < -0.39 is 0 Å². The Labute approximate surface area is 118 Å². The maximum atomic E-state index is 6.29. The van der Waals surface area contributed by atoms with Gasteiger partial charge >= 0.3 is 0 Å². The normalized spacial score (nSPS) is 48.3. The van der Waals surface area contributed by atoms with Gasteiger partial charge in [0.15, 0.2) is 0 Å². The summed E-state index contributed by atoms with van der Waals surface area (Å²) in [7, 11) is 0. The van der Waals surface area contributed by atoms with Crippen LogP contribution in [0.5, 0.6) is 0 Å². The molecule has 1 heteroatoms. The molecule has 19 heavy (non-hydrogen) atoms. The number of rotatable bonds is 1. The van der Waals surface area contributed by atoms with Crippen LogP contribution in [0.4, 0.5) is 0 Å². The van der Waals surface area contributed by atoms with Crippen molar-refractivity contribution in [2.75, 3.05) is 0 Å². The third-order valence-electron chi connectivity index (χ3n) is 6.94. The molecule has 0 N–H and O–H groups in total. The van der Waals surface area contributed by atoms with Crippen molar-refractivity contribution < 1.29 is 4.74 Å². The molecule has 1 heterocycles. The largest absolute Gasteiger partial charge is 0.492 e. The minimum atomic E-state index is 0.121. The van der Waals surface area contributed by atoms with Crippen LogP contribution in [0.2, 0.25) is 0 Å². The van der Waals surface area contributed by atoms with Crippen LogP contribution < -0.4 is 0 Å². The van der Waals surface area contributed by atoms with Crippen LogP contribution in [0.25, 0.3) is 0 Å². The van der Waals surface area contributed by atoms with Crippen molar-refractivity contribution in [1.29, 1.82) is 0 Å². The molecule has 1 saturated heterocycles. The third kappa shape index (κ3) is 1.73. The second kappa shape index (κ2) is 4.02. The molecule has 0 aromatic rings. The Morgan fingerprint density at radius 1 is 1.16 bits per heavy atom. The summed E-state index contributed by atoms with van der Waals surface area (Å²) in [5, 5.41) is 0. The Kier molecular flexibility index (Phi) is 2.86. The van der Waals surface area contributed by atoms with E-state index in [0.717, 1.165) is 24.5 Å². The summed E-state index contributed by atoms with van der Waals surface area (Å²) >= 11 is 0. The van der Waals surface area contributed by atoms with Crippen molar-refractivity contribution in [1.82, 2.24) is 0 Å². The first-order valence-electron chi connectivity index (χ1n) is 8.21. The molecule has 108 valence electrons. The molecule has 0 bridgehead atoms. The smallest absolute Gasteiger partial charge is 0.112 e. The Morgan fingerprint density at radius 3 is 2.58 bits per heavy atom. The van der Waals surface area contributed by atoms with Gasteiger partial charge in [-0.15, -0.1) is 0 Å². The fourth-order valence-electron chi connectivity index (χ4n) is 6.06. The molecular formula is C18H30O. The van der Waals surface area contributed by atoms with E-state index in [1.165, 1.54) is 32.1 Å². The average Bonchev–Trinajstić information content (AvgIpc) is 2.67. The highest BCUT2D eigenvalue weighted by atomic mass is 16.5. The van der Waals surface area contributed by atoms with E-state index in [0.29, 0.717) is 16.7 Å². The summed E-state index contributed by atoms with van der Waals surface area (Å²) in [5.74, 6) is 2.63. The van der Waals surface area contributed by atoms with Crippen molar-refractivity contribution in [3.63, 3.8) is 0 Å². The highest BCUT2D eigenvalue weighted by Crippen LogP contribution is 2.66. The van der Waals surface area contributed by atoms with E-state index in [4.69, 9.17) is 4.74 Å². The maximum absolute atomic E-state index is 6.29. The van der Waals surface area contributed by atoms with Gasteiger partial charge in [-0.2, -0.15) is 0 Å². The molecule has 2 aliphatic carbocycles. The monoisotopic (exact) mass is 262 g/mol. The van der Waals surface area contributed by atoms with Crippen LogP contribution in [0, 0.1) is 22.7 Å². The van der Waals surface area contributed by atoms with Gasteiger partial charge in [0.25, 0.3) is 0 Å². The highest BCUT2D eigenvalue weighted by Gasteiger charge is 2.62. The first-order valence-corrected chi connectivity index (χ1v) is 8.21. The first kappa shape index (κ1) is 13.5. The lowest BCUT2D eigenvalue weighted by Gasteiger charge is -2.60. The Hall–Kier alpha value is -0.460. The van der Waals surface area contributed by atoms with Crippen molar-refractivity contribution in [3.05, 3.63) is 12.3 Å². The average molecular weight is 262 g/mol. The zero-order valence-corrected chi connectivity index (χ0v) is 13.2. The van der Waals surface area contributed by atoms with Gasteiger partial charge in [0.05, 0.1) is 5.76 Å². The Morgan fingerprint density at radius 2 is 1.89 bits per heavy atom. The predicted molar refractivity (Wildman–Crippen MR) is 79.8 cm³/mol. The summed E-state index contributed by atoms with van der Waals surface area (Å²) in [6, 6.07) is 0. The number of hydrogen-bond donors (Lipinski definition) is 0. The second-order valence-electron chi connectivity index (χ2n) is 8.25. The van der Waals surface area contributed by atoms with Crippen LogP contribution in [0.1, 0.15) is 72.6 Å². The molecule has 0 radical (unpaired) electrons. The third-order valence-corrected chi connectivity index (χ3v) is 6.94. The molecule has 2 saturated carbocycles. The molecule has 4 atom stereocenters. The van der Waals surface area contributed by atoms with Gasteiger partial charge in [0, 0.05) is 12.3 Å². The van der Waals surface area contributed by atoms with E-state index in [2.05, 4.69) is 34.3 Å². The summed E-state index contributed by atoms with van der Waals surface area (Å²) < 4.78 is 6.29. The molecular weight excluding hydrogens is 232 g/mol. The lowest BCUT2D eigenvalue weighted by Crippen LogP contribution is -2.56. The van der Waals surface area contributed by atoms with Crippen molar-refractivity contribution in [3.8, 4) is 0 Å². The van der Waals surface area contributed by atoms with Crippen molar-refractivity contribution in [2.24, 2.45) is 22.7 Å². The minimum absolute atomic E-state index is 0.121. The van der Waals surface area contributed by atoms with Crippen molar-refractivity contribution >= 4 is 0 Å². The van der Waals surface area contributed by atoms with Crippen LogP contribution >= 0.6 is 0 Å². The van der Waals surface area contributed by atoms with Crippen LogP contribution in [0.15, 0.2) is 12.3 Å². The number of allylic oxidation sites excluding steroid dienone is 1. The van der Waals surface area contributed by atoms with Gasteiger partial charge in [-0.3, -0.25) is 0 Å². The zero-order chi connectivity index (χ0) is 13.9. The number of hydrogen-bond acceptors (Lipinski definition) is 1. The molecule has 3 rings (SSSR count). The summed E-state index contributed by atoms with van der Waals surface area (Å²) in [4.78, 5) is 0. The van der Waals surface area contributed by atoms with E-state index >= 15 is 0 Å². The molecule has 3 fully saturated rings. The fourth-order valence-corrected chi connectivity index (χ4v) is 6.06. The molecule has 0 spiro atoms. The minimum Gasteiger partial charge on any atom is -0.492 e. The zero-order valence-electron chi connectivity index (χ0n) is 13.2. The van der Waals surface area contributed by atoms with Gasteiger partial charge in [-0.1, -0.05) is 40.7 Å². The van der Waals surface area contributed by atoms with Gasteiger partial charge < -0.3 is 4.74 Å². The Bertz CT molecular complexity index is 396. The topological polar surface area (TPSA) is 9.23 Å². The number of fused-ring (bicyclic) bond motifs is 3. The van der Waals surface area contributed by atoms with Crippen molar-refractivity contribution in [2.45, 2.75) is 78.2 Å². The van der Waals surface area contributed by atoms with Crippen LogP contribution in [-0.4, -0.2) is 5.60 Å². The molecule has 4 unspecified atom stereocenters. The second-order valence-corrected chi connectivity index (χ2v) is 8.25. The predicted octanol–water partition coefficient (Wildman–Crippen LogP) is 5.31. The number of ether oxygens (including phenoxy) is 1. The molecule has 0 aromatic heterocycles. The molecule has 3 aliphatic rings. The molecule has 1 nitrogen and oxygen atoms in total. The lowest BCUT2D eigenvalue weighted by atomic mass is 9.45. The summed E-state index contributed by atoms with van der Waals surface area (Å²) in [6.07, 6.45) is 9.04. The van der Waals surface area contributed by atoms with Gasteiger partial charge in [-0.05, 0) is 48.9 Å². The van der Waals surface area contributed by atoms with Crippen LogP contribution in [0.3, 0.4) is 0 Å². The SMILES string of the molecule is C=C1CC2C(CC)(CCC3C(C)(C)CCCC32C)O1. The quantitative estimate of drug-likeness (QED) is 0.622.